The van der Waals surface area contributed by atoms with Gasteiger partial charge in [-0.1, -0.05) is 24.3 Å². The second kappa shape index (κ2) is 3.80. The molecule has 0 amide bonds. The zero-order valence-corrected chi connectivity index (χ0v) is 9.53. The highest BCUT2D eigenvalue weighted by Gasteiger charge is 2.11. The zero-order chi connectivity index (χ0) is 11.0. The molecule has 2 heterocycles. The number of para-hydroxylation sites is 1. The Morgan fingerprint density at radius 2 is 2.12 bits per heavy atom. The third-order valence-corrected chi connectivity index (χ3v) is 3.29. The van der Waals surface area contributed by atoms with E-state index in [0.717, 1.165) is 19.5 Å². The number of rotatable bonds is 1. The molecule has 2 nitrogen and oxygen atoms in total. The predicted molar refractivity (Wildman–Crippen MR) is 68.4 cm³/mol. The zero-order valence-electron chi connectivity index (χ0n) is 9.53. The Morgan fingerprint density at radius 3 is 2.88 bits per heavy atom. The fraction of sp³-hybridized carbons (Fsp3) is 0.286. The summed E-state index contributed by atoms with van der Waals surface area (Å²) in [4.78, 5) is 5.83. The van der Waals surface area contributed by atoms with Crippen molar-refractivity contribution in [3.8, 4) is 0 Å². The fourth-order valence-corrected chi connectivity index (χ4v) is 2.26. The van der Waals surface area contributed by atoms with E-state index in [0.29, 0.717) is 0 Å². The van der Waals surface area contributed by atoms with E-state index in [9.17, 15) is 0 Å². The number of fused-ring (bicyclic) bond motifs is 1. The highest BCUT2D eigenvalue weighted by Crippen LogP contribution is 2.24. The maximum atomic E-state index is 3.49. The Labute approximate surface area is 95.6 Å². The molecule has 16 heavy (non-hydrogen) atoms. The first-order chi connectivity index (χ1) is 7.83. The lowest BCUT2D eigenvalue weighted by molar-refractivity contribution is 0.370. The summed E-state index contributed by atoms with van der Waals surface area (Å²) in [6, 6.07) is 10.7. The third-order valence-electron chi connectivity index (χ3n) is 3.29. The van der Waals surface area contributed by atoms with Gasteiger partial charge in [-0.2, -0.15) is 0 Å². The van der Waals surface area contributed by atoms with Crippen LogP contribution in [0.25, 0.3) is 16.5 Å². The minimum absolute atomic E-state index is 1.06. The molecular weight excluding hydrogens is 196 g/mol. The van der Waals surface area contributed by atoms with Gasteiger partial charge in [-0.25, -0.2) is 0 Å². The molecule has 1 aromatic heterocycles. The molecule has 0 radical (unpaired) electrons. The molecule has 1 N–H and O–H groups in total. The molecule has 0 saturated carbocycles. The van der Waals surface area contributed by atoms with Gasteiger partial charge in [0.05, 0.1) is 0 Å². The fourth-order valence-electron chi connectivity index (χ4n) is 2.26. The van der Waals surface area contributed by atoms with Crippen LogP contribution in [0.5, 0.6) is 0 Å². The van der Waals surface area contributed by atoms with Crippen molar-refractivity contribution in [1.29, 1.82) is 0 Å². The van der Waals surface area contributed by atoms with Gasteiger partial charge < -0.3 is 9.88 Å². The molecule has 0 bridgehead atoms. The third kappa shape index (κ3) is 1.65. The summed E-state index contributed by atoms with van der Waals surface area (Å²) in [6.07, 6.45) is 3.47. The van der Waals surface area contributed by atoms with Gasteiger partial charge in [0.1, 0.15) is 0 Å². The first kappa shape index (κ1) is 9.67. The maximum absolute atomic E-state index is 3.49. The highest BCUT2D eigenvalue weighted by atomic mass is 15.1. The largest absolute Gasteiger partial charge is 0.355 e. The van der Waals surface area contributed by atoms with Gasteiger partial charge in [0.2, 0.25) is 0 Å². The second-order valence-electron chi connectivity index (χ2n) is 4.51. The Kier molecular flexibility index (Phi) is 2.29. The molecule has 2 aromatic rings. The summed E-state index contributed by atoms with van der Waals surface area (Å²) in [5.41, 5.74) is 3.97. The van der Waals surface area contributed by atoms with Crippen LogP contribution in [0.2, 0.25) is 0 Å². The summed E-state index contributed by atoms with van der Waals surface area (Å²) in [7, 11) is 2.17. The number of nitrogens with one attached hydrogen (secondary N) is 1. The molecule has 0 fully saturated rings. The van der Waals surface area contributed by atoms with Crippen LogP contribution in [0.4, 0.5) is 0 Å². The SMILES string of the molecule is CN1CC=C(c2cc3ccccc3[nH]2)CC1. The molecule has 0 saturated heterocycles. The molecule has 0 spiro atoms. The van der Waals surface area contributed by atoms with Gasteiger partial charge >= 0.3 is 0 Å². The van der Waals surface area contributed by atoms with Crippen molar-refractivity contribution >= 4 is 16.5 Å². The number of hydrogen-bond donors (Lipinski definition) is 1. The first-order valence-corrected chi connectivity index (χ1v) is 5.78. The van der Waals surface area contributed by atoms with E-state index in [4.69, 9.17) is 0 Å². The topological polar surface area (TPSA) is 19.0 Å². The summed E-state index contributed by atoms with van der Waals surface area (Å²) < 4.78 is 0. The summed E-state index contributed by atoms with van der Waals surface area (Å²) in [5.74, 6) is 0. The maximum Gasteiger partial charge on any atom is 0.0458 e. The van der Waals surface area contributed by atoms with Gasteiger partial charge in [-0.05, 0) is 36.6 Å². The molecule has 0 aliphatic carbocycles. The number of aromatic amines is 1. The average Bonchev–Trinajstić information content (AvgIpc) is 2.73. The van der Waals surface area contributed by atoms with Crippen LogP contribution in [-0.2, 0) is 0 Å². The van der Waals surface area contributed by atoms with E-state index < -0.39 is 0 Å². The van der Waals surface area contributed by atoms with Crippen LogP contribution in [0.15, 0.2) is 36.4 Å². The van der Waals surface area contributed by atoms with Crippen LogP contribution in [0, 0.1) is 0 Å². The lowest BCUT2D eigenvalue weighted by atomic mass is 10.1. The Balaban J connectivity index is 2.00. The summed E-state index contributed by atoms with van der Waals surface area (Å²) >= 11 is 0. The Morgan fingerprint density at radius 1 is 1.25 bits per heavy atom. The molecular formula is C14H16N2. The van der Waals surface area contributed by atoms with E-state index in [1.54, 1.807) is 0 Å². The van der Waals surface area contributed by atoms with Crippen molar-refractivity contribution in [2.24, 2.45) is 0 Å². The second-order valence-corrected chi connectivity index (χ2v) is 4.51. The number of benzene rings is 1. The predicted octanol–water partition coefficient (Wildman–Crippen LogP) is 2.89. The van der Waals surface area contributed by atoms with E-state index in [2.05, 4.69) is 53.3 Å². The van der Waals surface area contributed by atoms with Gasteiger partial charge in [0.25, 0.3) is 0 Å². The van der Waals surface area contributed by atoms with Crippen molar-refractivity contribution < 1.29 is 0 Å². The number of H-pyrrole nitrogens is 1. The summed E-state index contributed by atoms with van der Waals surface area (Å²) in [6.45, 7) is 2.21. The van der Waals surface area contributed by atoms with Crippen molar-refractivity contribution in [3.05, 3.63) is 42.1 Å². The minimum atomic E-state index is 1.06. The Hall–Kier alpha value is -1.54. The Bertz CT molecular complexity index is 503. The monoisotopic (exact) mass is 212 g/mol. The van der Waals surface area contributed by atoms with E-state index in [1.165, 1.54) is 22.2 Å². The van der Waals surface area contributed by atoms with Gasteiger partial charge in [-0.15, -0.1) is 0 Å². The van der Waals surface area contributed by atoms with Crippen LogP contribution >= 0.6 is 0 Å². The number of hydrogen-bond acceptors (Lipinski definition) is 1. The molecule has 0 atom stereocenters. The molecule has 3 rings (SSSR count). The molecule has 82 valence electrons. The molecule has 1 aliphatic rings. The molecule has 2 heteroatoms. The molecule has 1 aromatic carbocycles. The normalized spacial score (nSPS) is 17.7. The van der Waals surface area contributed by atoms with Crippen molar-refractivity contribution in [3.63, 3.8) is 0 Å². The summed E-state index contributed by atoms with van der Waals surface area (Å²) in [5, 5.41) is 1.30. The quantitative estimate of drug-likeness (QED) is 0.770. The number of aromatic nitrogens is 1. The number of likely N-dealkylation sites (N-methyl/N-ethyl adjacent to an activating group) is 1. The van der Waals surface area contributed by atoms with Gasteiger partial charge in [0.15, 0.2) is 0 Å². The smallest absolute Gasteiger partial charge is 0.0458 e. The van der Waals surface area contributed by atoms with Crippen molar-refractivity contribution in [2.45, 2.75) is 6.42 Å². The van der Waals surface area contributed by atoms with Gasteiger partial charge in [0, 0.05) is 24.3 Å². The molecule has 1 aliphatic heterocycles. The lowest BCUT2D eigenvalue weighted by Gasteiger charge is -2.21. The van der Waals surface area contributed by atoms with E-state index in [-0.39, 0.29) is 0 Å². The average molecular weight is 212 g/mol. The van der Waals surface area contributed by atoms with E-state index >= 15 is 0 Å². The lowest BCUT2D eigenvalue weighted by Crippen LogP contribution is -2.23. The van der Waals surface area contributed by atoms with Crippen molar-refractivity contribution in [1.82, 2.24) is 9.88 Å². The number of nitrogens with zero attached hydrogens (tertiary/aromatic N) is 1. The van der Waals surface area contributed by atoms with Crippen LogP contribution < -0.4 is 0 Å². The van der Waals surface area contributed by atoms with Gasteiger partial charge in [-0.3, -0.25) is 0 Å². The highest BCUT2D eigenvalue weighted by molar-refractivity contribution is 5.84. The van der Waals surface area contributed by atoms with Crippen molar-refractivity contribution in [2.75, 3.05) is 20.1 Å². The molecule has 0 unspecified atom stereocenters. The van der Waals surface area contributed by atoms with E-state index in [1.807, 2.05) is 0 Å². The van der Waals surface area contributed by atoms with Crippen LogP contribution in [0.1, 0.15) is 12.1 Å². The standard InChI is InChI=1S/C14H16N2/c1-16-8-6-11(7-9-16)14-10-12-4-2-3-5-13(12)15-14/h2-6,10,15H,7-9H2,1H3. The van der Waals surface area contributed by atoms with Crippen LogP contribution in [-0.4, -0.2) is 30.0 Å². The minimum Gasteiger partial charge on any atom is -0.355 e. The van der Waals surface area contributed by atoms with Crippen LogP contribution in [0.3, 0.4) is 0 Å². The first-order valence-electron chi connectivity index (χ1n) is 5.78.